The van der Waals surface area contributed by atoms with Crippen molar-refractivity contribution in [3.63, 3.8) is 0 Å². The molecule has 0 radical (unpaired) electrons. The van der Waals surface area contributed by atoms with Gasteiger partial charge in [0.25, 0.3) is 11.8 Å². The number of nitrogens with two attached hydrogens (primary N) is 1. The summed E-state index contributed by atoms with van der Waals surface area (Å²) >= 11 is 12.4. The zero-order valence-electron chi connectivity index (χ0n) is 28.7. The lowest BCUT2D eigenvalue weighted by atomic mass is 9.80. The van der Waals surface area contributed by atoms with Crippen LogP contribution in [0.4, 0.5) is 0 Å². The Labute approximate surface area is 287 Å². The van der Waals surface area contributed by atoms with Crippen molar-refractivity contribution >= 4 is 46.6 Å². The molecule has 0 bridgehead atoms. The van der Waals surface area contributed by atoms with Crippen molar-refractivity contribution in [1.29, 1.82) is 5.41 Å². The summed E-state index contributed by atoms with van der Waals surface area (Å²) in [5, 5.41) is 10.7. The Morgan fingerprint density at radius 1 is 1.13 bits per heavy atom. The maximum Gasteiger partial charge on any atom is 0.273 e. The van der Waals surface area contributed by atoms with E-state index in [1.807, 2.05) is 19.1 Å². The van der Waals surface area contributed by atoms with E-state index in [0.29, 0.717) is 32.8 Å². The van der Waals surface area contributed by atoms with Gasteiger partial charge in [-0.1, -0.05) is 95.3 Å². The van der Waals surface area contributed by atoms with Gasteiger partial charge in [0, 0.05) is 28.7 Å². The number of unbranched alkanes of at least 4 members (excludes halogenated alkanes) is 2. The van der Waals surface area contributed by atoms with Gasteiger partial charge in [0.15, 0.2) is 0 Å². The molecule has 1 aromatic rings. The van der Waals surface area contributed by atoms with E-state index in [1.165, 1.54) is 25.7 Å². The Hall–Kier alpha value is -2.90. The first kappa shape index (κ1) is 39.3. The molecule has 1 aliphatic carbocycles. The van der Waals surface area contributed by atoms with Crippen molar-refractivity contribution in [2.45, 2.75) is 111 Å². The van der Waals surface area contributed by atoms with E-state index in [9.17, 15) is 9.59 Å². The summed E-state index contributed by atoms with van der Waals surface area (Å²) in [5.74, 6) is 0.160. The molecule has 254 valence electrons. The lowest BCUT2D eigenvalue weighted by Gasteiger charge is -2.43. The maximum absolute atomic E-state index is 14.7. The van der Waals surface area contributed by atoms with Crippen LogP contribution in [0.15, 0.2) is 63.6 Å². The van der Waals surface area contributed by atoms with Crippen LogP contribution in [0.1, 0.15) is 121 Å². The molecule has 1 fully saturated rings. The standard InChI is InChI=1S/C37H55Cl2N5O2/c1-8-9-10-11-27-12-18-31(19-13-27)44(36(46)34(42-7)25(2)22-30(39)23-26(3)38)32(20-21-37(4,5)6)28-14-16-29(17-15-28)35(45)43-24-33(40)41/h14-17,22-23,27,31-32H,3,8-13,18-21,24H2,1-2,4-7H3,(H3,40,41)(H,43,45)/b25-22+,30-23+,42-34?. The highest BCUT2D eigenvalue weighted by molar-refractivity contribution is 6.45. The summed E-state index contributed by atoms with van der Waals surface area (Å²) in [4.78, 5) is 34.0. The zero-order valence-corrected chi connectivity index (χ0v) is 30.2. The van der Waals surface area contributed by atoms with Crippen molar-refractivity contribution < 1.29 is 9.59 Å². The van der Waals surface area contributed by atoms with Crippen LogP contribution in [0, 0.1) is 16.7 Å². The number of nitrogens with zero attached hydrogens (tertiary/aromatic N) is 2. The topological polar surface area (TPSA) is 112 Å². The highest BCUT2D eigenvalue weighted by atomic mass is 35.5. The number of carbonyl (C=O) groups is 2. The van der Waals surface area contributed by atoms with Crippen molar-refractivity contribution in [2.24, 2.45) is 22.1 Å². The molecule has 2 amide bonds. The summed E-state index contributed by atoms with van der Waals surface area (Å²) in [6, 6.07) is 7.29. The fraction of sp³-hybridized carbons (Fsp3) is 0.568. The molecule has 1 atom stereocenters. The molecule has 1 saturated carbocycles. The molecule has 0 spiro atoms. The lowest BCUT2D eigenvalue weighted by Crippen LogP contribution is -2.48. The van der Waals surface area contributed by atoms with Gasteiger partial charge in [-0.3, -0.25) is 20.0 Å². The number of amidine groups is 1. The van der Waals surface area contributed by atoms with Crippen LogP contribution in [0.3, 0.4) is 0 Å². The SMILES string of the molecule is C=C(Cl)/C=C(Cl)\C=C(/C)C(=NC)C(=O)N(C1CCC(CCCCC)CC1)C(CCC(C)(C)C)c1ccc(C(=O)NCC(=N)N)cc1. The van der Waals surface area contributed by atoms with Gasteiger partial charge in [-0.05, 0) is 92.2 Å². The first-order chi connectivity index (χ1) is 21.7. The molecule has 1 unspecified atom stereocenters. The molecule has 7 nitrogen and oxygen atoms in total. The van der Waals surface area contributed by atoms with Crippen LogP contribution in [-0.2, 0) is 4.79 Å². The van der Waals surface area contributed by atoms with Gasteiger partial charge in [0.1, 0.15) is 11.5 Å². The summed E-state index contributed by atoms with van der Waals surface area (Å²) in [6.45, 7) is 14.4. The number of allylic oxidation sites excluding steroid dienone is 4. The molecule has 2 rings (SSSR count). The molecule has 46 heavy (non-hydrogen) atoms. The summed E-state index contributed by atoms with van der Waals surface area (Å²) in [7, 11) is 1.64. The Kier molecular flexibility index (Phi) is 16.3. The number of carbonyl (C=O) groups excluding carboxylic acids is 2. The third kappa shape index (κ3) is 13.1. The van der Waals surface area contributed by atoms with Crippen LogP contribution in [0.5, 0.6) is 0 Å². The first-order valence-corrected chi connectivity index (χ1v) is 17.3. The number of nitrogens with one attached hydrogen (secondary N) is 2. The van der Waals surface area contributed by atoms with Gasteiger partial charge >= 0.3 is 0 Å². The van der Waals surface area contributed by atoms with Crippen LogP contribution in [0.25, 0.3) is 0 Å². The maximum atomic E-state index is 14.7. The lowest BCUT2D eigenvalue weighted by molar-refractivity contribution is -0.130. The molecule has 9 heteroatoms. The number of hydrogen-bond donors (Lipinski definition) is 3. The second kappa shape index (κ2) is 19.0. The predicted molar refractivity (Wildman–Crippen MR) is 195 cm³/mol. The molecule has 0 heterocycles. The molecular formula is C37H55Cl2N5O2. The van der Waals surface area contributed by atoms with E-state index in [0.717, 1.165) is 44.1 Å². The van der Waals surface area contributed by atoms with E-state index in [1.54, 1.807) is 31.3 Å². The highest BCUT2D eigenvalue weighted by Gasteiger charge is 2.37. The van der Waals surface area contributed by atoms with Crippen molar-refractivity contribution in [3.8, 4) is 0 Å². The third-order valence-electron chi connectivity index (χ3n) is 8.61. The molecule has 0 saturated heterocycles. The number of amides is 2. The second-order valence-corrected chi connectivity index (χ2v) is 14.6. The normalized spacial score (nSPS) is 18.6. The highest BCUT2D eigenvalue weighted by Crippen LogP contribution is 2.39. The molecular weight excluding hydrogens is 617 g/mol. The van der Waals surface area contributed by atoms with Gasteiger partial charge < -0.3 is 16.0 Å². The van der Waals surface area contributed by atoms with E-state index in [4.69, 9.17) is 34.3 Å². The summed E-state index contributed by atoms with van der Waals surface area (Å²) < 4.78 is 0. The van der Waals surface area contributed by atoms with Gasteiger partial charge in [-0.25, -0.2) is 0 Å². The second-order valence-electron chi connectivity index (χ2n) is 13.7. The van der Waals surface area contributed by atoms with Gasteiger partial charge in [0.2, 0.25) is 0 Å². The number of aliphatic imine (C=N–C) groups is 1. The van der Waals surface area contributed by atoms with Crippen LogP contribution >= 0.6 is 23.2 Å². The summed E-state index contributed by atoms with van der Waals surface area (Å²) in [6.07, 6.45) is 14.0. The van der Waals surface area contributed by atoms with E-state index < -0.39 is 0 Å². The molecule has 1 aliphatic rings. The number of hydrogen-bond acceptors (Lipinski definition) is 4. The predicted octanol–water partition coefficient (Wildman–Crippen LogP) is 9.08. The quantitative estimate of drug-likeness (QED) is 0.0705. The fourth-order valence-corrected chi connectivity index (χ4v) is 6.63. The van der Waals surface area contributed by atoms with Gasteiger partial charge in [-0.15, -0.1) is 0 Å². The number of halogens is 2. The van der Waals surface area contributed by atoms with E-state index >= 15 is 0 Å². The molecule has 4 N–H and O–H groups in total. The van der Waals surface area contributed by atoms with Crippen LogP contribution in [-0.4, -0.2) is 47.9 Å². The number of rotatable bonds is 16. The largest absolute Gasteiger partial charge is 0.386 e. The fourth-order valence-electron chi connectivity index (χ4n) is 6.16. The molecule has 0 aromatic heterocycles. The average Bonchev–Trinajstić information content (AvgIpc) is 2.98. The smallest absolute Gasteiger partial charge is 0.273 e. The Balaban J connectivity index is 2.57. The van der Waals surface area contributed by atoms with Crippen molar-refractivity contribution in [2.75, 3.05) is 13.6 Å². The van der Waals surface area contributed by atoms with Crippen LogP contribution in [0.2, 0.25) is 0 Å². The first-order valence-electron chi connectivity index (χ1n) is 16.6. The zero-order chi connectivity index (χ0) is 34.4. The van der Waals surface area contributed by atoms with Crippen molar-refractivity contribution in [1.82, 2.24) is 10.2 Å². The Bertz CT molecular complexity index is 1290. The molecule has 0 aliphatic heterocycles. The minimum atomic E-state index is -0.298. The van der Waals surface area contributed by atoms with Crippen LogP contribution < -0.4 is 11.1 Å². The number of benzene rings is 1. The Morgan fingerprint density at radius 3 is 2.28 bits per heavy atom. The van der Waals surface area contributed by atoms with Gasteiger partial charge in [-0.2, -0.15) is 0 Å². The third-order valence-corrected chi connectivity index (χ3v) is 8.94. The average molecular weight is 673 g/mol. The minimum Gasteiger partial charge on any atom is -0.386 e. The van der Waals surface area contributed by atoms with Gasteiger partial charge in [0.05, 0.1) is 12.6 Å². The van der Waals surface area contributed by atoms with E-state index in [-0.39, 0.29) is 41.7 Å². The monoisotopic (exact) mass is 671 g/mol. The van der Waals surface area contributed by atoms with E-state index in [2.05, 4.69) is 49.5 Å². The minimum absolute atomic E-state index is 0.0115. The Morgan fingerprint density at radius 2 is 1.76 bits per heavy atom. The summed E-state index contributed by atoms with van der Waals surface area (Å²) in [5.41, 5.74) is 7.93. The molecule has 1 aromatic carbocycles. The van der Waals surface area contributed by atoms with Crippen molar-refractivity contribution in [3.05, 3.63) is 69.8 Å².